The summed E-state index contributed by atoms with van der Waals surface area (Å²) < 4.78 is 15.3. The summed E-state index contributed by atoms with van der Waals surface area (Å²) in [6.45, 7) is 2.33. The van der Waals surface area contributed by atoms with Crippen LogP contribution in [0.2, 0.25) is 0 Å². The lowest BCUT2D eigenvalue weighted by atomic mass is 10.1. The summed E-state index contributed by atoms with van der Waals surface area (Å²) in [7, 11) is 0. The van der Waals surface area contributed by atoms with Gasteiger partial charge in [-0.3, -0.25) is 0 Å². The molecule has 0 unspecified atom stereocenters. The second-order valence-corrected chi connectivity index (χ2v) is 5.98. The molecule has 4 aromatic heterocycles. The molecule has 0 aliphatic carbocycles. The molecular weight excluding hydrogens is 333 g/mol. The molecule has 4 aromatic rings. The van der Waals surface area contributed by atoms with Gasteiger partial charge in [-0.2, -0.15) is 4.39 Å². The quantitative estimate of drug-likeness (QED) is 0.550. The van der Waals surface area contributed by atoms with Gasteiger partial charge in [0.1, 0.15) is 23.0 Å². The summed E-state index contributed by atoms with van der Waals surface area (Å²) in [5.74, 6) is 0.939. The number of rotatable bonds is 3. The zero-order valence-electron chi connectivity index (χ0n) is 14.0. The Balaban J connectivity index is 1.82. The van der Waals surface area contributed by atoms with Crippen molar-refractivity contribution in [2.24, 2.45) is 0 Å². The van der Waals surface area contributed by atoms with Crippen LogP contribution in [0.1, 0.15) is 11.4 Å². The van der Waals surface area contributed by atoms with E-state index in [2.05, 4.69) is 15.0 Å². The monoisotopic (exact) mass is 349 g/mol. The van der Waals surface area contributed by atoms with Gasteiger partial charge >= 0.3 is 0 Å². The van der Waals surface area contributed by atoms with Crippen molar-refractivity contribution in [2.45, 2.75) is 13.5 Å². The number of nitrogen functional groups attached to an aromatic ring is 2. The van der Waals surface area contributed by atoms with Crippen molar-refractivity contribution in [1.29, 1.82) is 0 Å². The van der Waals surface area contributed by atoms with Crippen molar-refractivity contribution in [3.8, 4) is 11.3 Å². The number of imidazole rings is 1. The number of aromatic nitrogens is 5. The Hall–Kier alpha value is -3.55. The van der Waals surface area contributed by atoms with E-state index in [1.54, 1.807) is 18.2 Å². The largest absolute Gasteiger partial charge is 0.384 e. The van der Waals surface area contributed by atoms with Crippen LogP contribution < -0.4 is 11.5 Å². The number of nitrogens with zero attached hydrogens (tertiary/aromatic N) is 5. The first-order valence-corrected chi connectivity index (χ1v) is 7.97. The van der Waals surface area contributed by atoms with Gasteiger partial charge in [0.15, 0.2) is 5.65 Å². The smallest absolute Gasteiger partial charge is 0.213 e. The maximum absolute atomic E-state index is 13.4. The van der Waals surface area contributed by atoms with Crippen molar-refractivity contribution >= 4 is 22.8 Å². The second-order valence-electron chi connectivity index (χ2n) is 5.98. The summed E-state index contributed by atoms with van der Waals surface area (Å²) in [5.41, 5.74) is 15.3. The molecule has 0 fully saturated rings. The zero-order chi connectivity index (χ0) is 18.3. The lowest BCUT2D eigenvalue weighted by molar-refractivity contribution is 0.579. The van der Waals surface area contributed by atoms with Crippen molar-refractivity contribution in [2.75, 3.05) is 11.5 Å². The minimum absolute atomic E-state index is 0.332. The van der Waals surface area contributed by atoms with E-state index in [1.807, 2.05) is 23.6 Å². The fourth-order valence-electron chi connectivity index (χ4n) is 2.91. The maximum atomic E-state index is 13.4. The van der Waals surface area contributed by atoms with Crippen LogP contribution in [0.3, 0.4) is 0 Å². The minimum atomic E-state index is -0.513. The van der Waals surface area contributed by atoms with Crippen LogP contribution in [0, 0.1) is 12.9 Å². The lowest BCUT2D eigenvalue weighted by Crippen LogP contribution is -2.04. The average Bonchev–Trinajstić information content (AvgIpc) is 2.89. The van der Waals surface area contributed by atoms with E-state index in [-0.39, 0.29) is 0 Å². The molecule has 0 bridgehead atoms. The van der Waals surface area contributed by atoms with Crippen molar-refractivity contribution < 1.29 is 4.39 Å². The average molecular weight is 349 g/mol. The van der Waals surface area contributed by atoms with E-state index in [0.29, 0.717) is 29.5 Å². The highest BCUT2D eigenvalue weighted by Crippen LogP contribution is 2.24. The van der Waals surface area contributed by atoms with Gasteiger partial charge in [-0.15, -0.1) is 0 Å². The number of pyridine rings is 3. The fraction of sp³-hybridized carbons (Fsp3) is 0.111. The van der Waals surface area contributed by atoms with Gasteiger partial charge in [0.2, 0.25) is 5.95 Å². The first-order valence-electron chi connectivity index (χ1n) is 7.97. The number of halogens is 1. The Labute approximate surface area is 148 Å². The fourth-order valence-corrected chi connectivity index (χ4v) is 2.91. The molecule has 0 radical (unpaired) electrons. The topological polar surface area (TPSA) is 109 Å². The van der Waals surface area contributed by atoms with Crippen LogP contribution in [0.5, 0.6) is 0 Å². The van der Waals surface area contributed by atoms with Gasteiger partial charge < -0.3 is 16.0 Å². The standard InChI is InChI=1S/C18H16FN7/c1-10-23-14-3-2-13(12-7-16(20)25-17(21)8-12)24-18(14)26(10)9-11-4-5-22-15(19)6-11/h2-8H,9H2,1H3,(H4,20,21,25). The second kappa shape index (κ2) is 6.07. The summed E-state index contributed by atoms with van der Waals surface area (Å²) >= 11 is 0. The minimum Gasteiger partial charge on any atom is -0.384 e. The van der Waals surface area contributed by atoms with E-state index in [0.717, 1.165) is 22.5 Å². The first kappa shape index (κ1) is 15.9. The molecule has 0 amide bonds. The van der Waals surface area contributed by atoms with Gasteiger partial charge in [-0.1, -0.05) is 0 Å². The molecule has 0 atom stereocenters. The Bertz CT molecular complexity index is 1100. The van der Waals surface area contributed by atoms with Crippen molar-refractivity contribution in [1.82, 2.24) is 24.5 Å². The van der Waals surface area contributed by atoms with E-state index in [1.165, 1.54) is 12.3 Å². The Morgan fingerprint density at radius 1 is 1.00 bits per heavy atom. The van der Waals surface area contributed by atoms with Crippen LogP contribution >= 0.6 is 0 Å². The van der Waals surface area contributed by atoms with Gasteiger partial charge in [0.25, 0.3) is 0 Å². The molecule has 4 rings (SSSR count). The molecule has 4 heterocycles. The van der Waals surface area contributed by atoms with Gasteiger partial charge in [0, 0.05) is 11.8 Å². The molecule has 8 heteroatoms. The number of anilines is 2. The van der Waals surface area contributed by atoms with Gasteiger partial charge in [0.05, 0.1) is 12.2 Å². The van der Waals surface area contributed by atoms with Crippen LogP contribution in [0.4, 0.5) is 16.0 Å². The molecule has 0 saturated heterocycles. The maximum Gasteiger partial charge on any atom is 0.213 e. The van der Waals surface area contributed by atoms with Crippen molar-refractivity contribution in [3.63, 3.8) is 0 Å². The number of aryl methyl sites for hydroxylation is 1. The molecule has 0 aliphatic rings. The Kier molecular flexibility index (Phi) is 3.72. The highest BCUT2D eigenvalue weighted by molar-refractivity contribution is 5.77. The summed E-state index contributed by atoms with van der Waals surface area (Å²) in [6.07, 6.45) is 1.44. The molecular formula is C18H16FN7. The lowest BCUT2D eigenvalue weighted by Gasteiger charge is -2.08. The number of fused-ring (bicyclic) bond motifs is 1. The number of hydrogen-bond acceptors (Lipinski definition) is 6. The molecule has 26 heavy (non-hydrogen) atoms. The van der Waals surface area contributed by atoms with Gasteiger partial charge in [-0.25, -0.2) is 19.9 Å². The van der Waals surface area contributed by atoms with E-state index < -0.39 is 5.95 Å². The predicted octanol–water partition coefficient (Wildman–Crippen LogP) is 2.55. The SMILES string of the molecule is Cc1nc2ccc(-c3cc(N)nc(N)c3)nc2n1Cc1ccnc(F)c1. The predicted molar refractivity (Wildman–Crippen MR) is 97.6 cm³/mol. The third kappa shape index (κ3) is 2.92. The van der Waals surface area contributed by atoms with Crippen LogP contribution in [-0.2, 0) is 6.54 Å². The molecule has 7 nitrogen and oxygen atoms in total. The molecule has 130 valence electrons. The summed E-state index contributed by atoms with van der Waals surface area (Å²) in [6, 6.07) is 10.4. The van der Waals surface area contributed by atoms with E-state index in [9.17, 15) is 4.39 Å². The molecule has 0 saturated carbocycles. The number of nitrogens with two attached hydrogens (primary N) is 2. The first-order chi connectivity index (χ1) is 12.5. The third-order valence-corrected chi connectivity index (χ3v) is 4.08. The van der Waals surface area contributed by atoms with Gasteiger partial charge in [-0.05, 0) is 48.9 Å². The Morgan fingerprint density at radius 2 is 1.77 bits per heavy atom. The number of hydrogen-bond donors (Lipinski definition) is 2. The van der Waals surface area contributed by atoms with Crippen molar-refractivity contribution in [3.05, 3.63) is 59.9 Å². The molecule has 0 aromatic carbocycles. The Morgan fingerprint density at radius 3 is 2.50 bits per heavy atom. The van der Waals surface area contributed by atoms with Crippen LogP contribution in [0.25, 0.3) is 22.4 Å². The van der Waals surface area contributed by atoms with Crippen LogP contribution in [-0.4, -0.2) is 24.5 Å². The molecule has 0 aliphatic heterocycles. The van der Waals surface area contributed by atoms with E-state index in [4.69, 9.17) is 16.5 Å². The molecule has 0 spiro atoms. The van der Waals surface area contributed by atoms with E-state index >= 15 is 0 Å². The zero-order valence-corrected chi connectivity index (χ0v) is 14.0. The highest BCUT2D eigenvalue weighted by Gasteiger charge is 2.12. The third-order valence-electron chi connectivity index (χ3n) is 4.08. The van der Waals surface area contributed by atoms with Crippen LogP contribution in [0.15, 0.2) is 42.6 Å². The summed E-state index contributed by atoms with van der Waals surface area (Å²) in [4.78, 5) is 16.8. The highest BCUT2D eigenvalue weighted by atomic mass is 19.1. The summed E-state index contributed by atoms with van der Waals surface area (Å²) in [5, 5.41) is 0. The molecule has 4 N–H and O–H groups in total. The normalized spacial score (nSPS) is 11.2.